The lowest BCUT2D eigenvalue weighted by atomic mass is 9.75. The number of fused-ring (bicyclic) bond motifs is 4. The van der Waals surface area contributed by atoms with Gasteiger partial charge in [0.15, 0.2) is 0 Å². The summed E-state index contributed by atoms with van der Waals surface area (Å²) in [5.74, 6) is 1.32. The van der Waals surface area contributed by atoms with E-state index in [0.717, 1.165) is 54.7 Å². The standard InChI is InChI=1S/C29H37N3O3/c1-18(2)17-35-22-14-21-11-13-32-26(16-25-23(29(32)34)10-7-12-30-25)27(21)24(15-22)28(33)31-19(3)20-8-5-4-6-9-20/h4-6,8-9,14-15,18-19,23,25-26,30H,7,10-13,16-17H2,1-3H3,(H,31,33)/t19-,23+,25+,26-/m1/s1. The highest BCUT2D eigenvalue weighted by atomic mass is 16.5. The molecule has 2 saturated heterocycles. The van der Waals surface area contributed by atoms with Crippen LogP contribution in [0, 0.1) is 11.8 Å². The molecule has 0 saturated carbocycles. The normalized spacial score (nSPS) is 24.3. The smallest absolute Gasteiger partial charge is 0.252 e. The van der Waals surface area contributed by atoms with Gasteiger partial charge in [0.25, 0.3) is 5.91 Å². The predicted molar refractivity (Wildman–Crippen MR) is 136 cm³/mol. The van der Waals surface area contributed by atoms with Gasteiger partial charge in [0, 0.05) is 18.2 Å². The van der Waals surface area contributed by atoms with Crippen LogP contribution < -0.4 is 15.4 Å². The molecule has 0 spiro atoms. The van der Waals surface area contributed by atoms with Crippen LogP contribution in [0.2, 0.25) is 0 Å². The molecule has 3 aliphatic heterocycles. The summed E-state index contributed by atoms with van der Waals surface area (Å²) in [6.07, 6.45) is 3.60. The van der Waals surface area contributed by atoms with Crippen molar-refractivity contribution in [1.29, 1.82) is 0 Å². The van der Waals surface area contributed by atoms with Crippen LogP contribution in [0.25, 0.3) is 0 Å². The number of nitrogens with zero attached hydrogens (tertiary/aromatic N) is 1. The van der Waals surface area contributed by atoms with Gasteiger partial charge in [-0.15, -0.1) is 0 Å². The van der Waals surface area contributed by atoms with Crippen LogP contribution >= 0.6 is 0 Å². The van der Waals surface area contributed by atoms with Gasteiger partial charge in [-0.3, -0.25) is 9.59 Å². The van der Waals surface area contributed by atoms with E-state index in [4.69, 9.17) is 4.74 Å². The minimum atomic E-state index is -0.128. The molecule has 6 nitrogen and oxygen atoms in total. The zero-order valence-electron chi connectivity index (χ0n) is 21.0. The second-order valence-electron chi connectivity index (χ2n) is 10.7. The first-order valence-electron chi connectivity index (χ1n) is 13.1. The Morgan fingerprint density at radius 3 is 2.77 bits per heavy atom. The molecular formula is C29H37N3O3. The van der Waals surface area contributed by atoms with Gasteiger partial charge in [0.05, 0.1) is 24.6 Å². The van der Waals surface area contributed by atoms with Crippen molar-refractivity contribution in [3.05, 3.63) is 64.7 Å². The average Bonchev–Trinajstić information content (AvgIpc) is 2.87. The van der Waals surface area contributed by atoms with E-state index in [2.05, 4.69) is 30.5 Å². The van der Waals surface area contributed by atoms with Gasteiger partial charge in [0.2, 0.25) is 5.91 Å². The topological polar surface area (TPSA) is 70.7 Å². The van der Waals surface area contributed by atoms with Crippen LogP contribution in [0.1, 0.15) is 79.2 Å². The Morgan fingerprint density at radius 1 is 1.20 bits per heavy atom. The quantitative estimate of drug-likeness (QED) is 0.649. The molecule has 6 heteroatoms. The van der Waals surface area contributed by atoms with Crippen molar-refractivity contribution in [1.82, 2.24) is 15.5 Å². The van der Waals surface area contributed by atoms with Crippen molar-refractivity contribution in [2.75, 3.05) is 19.7 Å². The number of rotatable bonds is 6. The van der Waals surface area contributed by atoms with E-state index < -0.39 is 0 Å². The van der Waals surface area contributed by atoms with E-state index in [1.54, 1.807) is 0 Å². The maximum Gasteiger partial charge on any atom is 0.252 e. The van der Waals surface area contributed by atoms with Crippen LogP contribution in [-0.2, 0) is 11.2 Å². The lowest BCUT2D eigenvalue weighted by Gasteiger charge is -2.48. The van der Waals surface area contributed by atoms with Gasteiger partial charge >= 0.3 is 0 Å². The first-order valence-corrected chi connectivity index (χ1v) is 13.1. The van der Waals surface area contributed by atoms with Crippen molar-refractivity contribution in [2.45, 2.75) is 64.6 Å². The predicted octanol–water partition coefficient (Wildman–Crippen LogP) is 4.41. The molecule has 0 aliphatic carbocycles. The molecular weight excluding hydrogens is 438 g/mol. The van der Waals surface area contributed by atoms with E-state index >= 15 is 0 Å². The lowest BCUT2D eigenvalue weighted by Crippen LogP contribution is -2.58. The van der Waals surface area contributed by atoms with Gasteiger partial charge in [-0.25, -0.2) is 0 Å². The number of ether oxygens (including phenoxy) is 1. The van der Waals surface area contributed by atoms with Gasteiger partial charge in [-0.1, -0.05) is 44.2 Å². The first-order chi connectivity index (χ1) is 16.9. The molecule has 2 aromatic carbocycles. The number of hydrogen-bond donors (Lipinski definition) is 2. The third-order valence-electron chi connectivity index (χ3n) is 7.71. The molecule has 0 radical (unpaired) electrons. The zero-order valence-corrected chi connectivity index (χ0v) is 21.0. The van der Waals surface area contributed by atoms with Gasteiger partial charge in [-0.05, 0) is 73.9 Å². The molecule has 0 aromatic heterocycles. The molecule has 186 valence electrons. The number of carbonyl (C=O) groups is 2. The maximum absolute atomic E-state index is 13.7. The number of piperidine rings is 2. The number of amides is 2. The Kier molecular flexibility index (Phi) is 6.83. The van der Waals surface area contributed by atoms with Crippen LogP contribution in [0.5, 0.6) is 5.75 Å². The SMILES string of the molecule is CC(C)COc1cc2c(c(C(=O)N[C@H](C)c3ccccc3)c1)[C@H]1C[C@@H]3NCCC[C@@H]3C(=O)N1CC2. The largest absolute Gasteiger partial charge is 0.493 e. The highest BCUT2D eigenvalue weighted by Crippen LogP contribution is 2.44. The summed E-state index contributed by atoms with van der Waals surface area (Å²) in [6.45, 7) is 8.50. The Bertz CT molecular complexity index is 1080. The summed E-state index contributed by atoms with van der Waals surface area (Å²) < 4.78 is 6.08. The molecule has 2 amide bonds. The lowest BCUT2D eigenvalue weighted by molar-refractivity contribution is -0.145. The van der Waals surface area contributed by atoms with Gasteiger partial charge in [-0.2, -0.15) is 0 Å². The summed E-state index contributed by atoms with van der Waals surface area (Å²) in [5.41, 5.74) is 3.84. The van der Waals surface area contributed by atoms with Crippen molar-refractivity contribution < 1.29 is 14.3 Å². The molecule has 3 heterocycles. The van der Waals surface area contributed by atoms with Crippen LogP contribution in [0.4, 0.5) is 0 Å². The second kappa shape index (κ2) is 10.0. The fraction of sp³-hybridized carbons (Fsp3) is 0.517. The highest BCUT2D eigenvalue weighted by Gasteiger charge is 2.46. The highest BCUT2D eigenvalue weighted by molar-refractivity contribution is 5.97. The van der Waals surface area contributed by atoms with E-state index in [9.17, 15) is 9.59 Å². The van der Waals surface area contributed by atoms with E-state index in [1.807, 2.05) is 48.2 Å². The van der Waals surface area contributed by atoms with Gasteiger partial charge < -0.3 is 20.3 Å². The van der Waals surface area contributed by atoms with E-state index in [0.29, 0.717) is 24.6 Å². The van der Waals surface area contributed by atoms with Crippen molar-refractivity contribution >= 4 is 11.8 Å². The Hall–Kier alpha value is -2.86. The summed E-state index contributed by atoms with van der Waals surface area (Å²) in [4.78, 5) is 29.2. The first kappa shape index (κ1) is 23.9. The summed E-state index contributed by atoms with van der Waals surface area (Å²) >= 11 is 0. The Morgan fingerprint density at radius 2 is 2.00 bits per heavy atom. The van der Waals surface area contributed by atoms with E-state index in [1.165, 1.54) is 0 Å². The minimum Gasteiger partial charge on any atom is -0.493 e. The fourth-order valence-corrected chi connectivity index (χ4v) is 5.93. The number of carbonyl (C=O) groups excluding carboxylic acids is 2. The molecule has 35 heavy (non-hydrogen) atoms. The molecule has 4 atom stereocenters. The van der Waals surface area contributed by atoms with Crippen molar-refractivity contribution in [3.8, 4) is 5.75 Å². The monoisotopic (exact) mass is 475 g/mol. The Balaban J connectivity index is 1.50. The molecule has 2 aromatic rings. The Labute approximate surface area is 208 Å². The third-order valence-corrected chi connectivity index (χ3v) is 7.71. The summed E-state index contributed by atoms with van der Waals surface area (Å²) in [6, 6.07) is 14.0. The van der Waals surface area contributed by atoms with E-state index in [-0.39, 0.29) is 35.9 Å². The molecule has 5 rings (SSSR count). The molecule has 3 aliphatic rings. The van der Waals surface area contributed by atoms with Crippen molar-refractivity contribution in [3.63, 3.8) is 0 Å². The molecule has 2 fully saturated rings. The zero-order chi connectivity index (χ0) is 24.5. The van der Waals surface area contributed by atoms with Crippen LogP contribution in [0.3, 0.4) is 0 Å². The minimum absolute atomic E-state index is 0.0607. The molecule has 0 bridgehead atoms. The number of nitrogens with one attached hydrogen (secondary N) is 2. The maximum atomic E-state index is 13.7. The molecule has 0 unspecified atom stereocenters. The fourth-order valence-electron chi connectivity index (χ4n) is 5.93. The van der Waals surface area contributed by atoms with Gasteiger partial charge in [0.1, 0.15) is 5.75 Å². The number of benzene rings is 2. The molecule has 2 N–H and O–H groups in total. The van der Waals surface area contributed by atoms with Crippen molar-refractivity contribution in [2.24, 2.45) is 11.8 Å². The number of hydrogen-bond acceptors (Lipinski definition) is 4. The summed E-state index contributed by atoms with van der Waals surface area (Å²) in [7, 11) is 0. The van der Waals surface area contributed by atoms with Crippen LogP contribution in [0.15, 0.2) is 42.5 Å². The summed E-state index contributed by atoms with van der Waals surface area (Å²) in [5, 5.41) is 6.79. The van der Waals surface area contributed by atoms with Crippen LogP contribution in [-0.4, -0.2) is 42.5 Å². The third kappa shape index (κ3) is 4.81. The average molecular weight is 476 g/mol. The second-order valence-corrected chi connectivity index (χ2v) is 10.7.